The molecule has 1 aliphatic heterocycles. The summed E-state index contributed by atoms with van der Waals surface area (Å²) in [4.78, 5) is 24.2. The van der Waals surface area contributed by atoms with Gasteiger partial charge in [0, 0.05) is 24.1 Å². The number of aryl methyl sites for hydroxylation is 1. The molecule has 1 heterocycles. The molecule has 2 aliphatic carbocycles. The number of fused-ring (bicyclic) bond motifs is 3. The minimum absolute atomic E-state index is 0.0783. The minimum Gasteiger partial charge on any atom is -0.327 e. The minimum atomic E-state index is -0.448. The largest absolute Gasteiger partial charge is 0.327 e. The third-order valence-electron chi connectivity index (χ3n) is 6.13. The first-order valence-electron chi connectivity index (χ1n) is 9.20. The summed E-state index contributed by atoms with van der Waals surface area (Å²) in [6.45, 7) is 0. The molecule has 2 atom stereocenters. The van der Waals surface area contributed by atoms with Gasteiger partial charge in [-0.3, -0.25) is 9.59 Å². The third kappa shape index (κ3) is 3.15. The lowest BCUT2D eigenvalue weighted by molar-refractivity contribution is -0.122. The van der Waals surface area contributed by atoms with Gasteiger partial charge in [0.1, 0.15) is 5.82 Å². The summed E-state index contributed by atoms with van der Waals surface area (Å²) in [6.07, 6.45) is 5.82. The van der Waals surface area contributed by atoms with Gasteiger partial charge in [0.2, 0.25) is 11.8 Å². The summed E-state index contributed by atoms with van der Waals surface area (Å²) in [5.41, 5.74) is 7.79. The number of halogens is 1. The van der Waals surface area contributed by atoms with Crippen LogP contribution in [0.1, 0.15) is 44.1 Å². The van der Waals surface area contributed by atoms with E-state index >= 15 is 0 Å². The molecule has 0 saturated heterocycles. The smallest absolute Gasteiger partial charge is 0.227 e. The van der Waals surface area contributed by atoms with Gasteiger partial charge in [0.25, 0.3) is 0 Å². The van der Waals surface area contributed by atoms with Crippen molar-refractivity contribution in [1.29, 1.82) is 0 Å². The Hall–Kier alpha value is -1.95. The molecule has 2 amide bonds. The Labute approximate surface area is 146 Å². The number of hydrogen-bond donors (Lipinski definition) is 3. The maximum Gasteiger partial charge on any atom is 0.227 e. The SMILES string of the molecule is NC1C2CCCC1CC(C(=O)Nc1cc3c(cc1F)CCC(=O)N3)C2. The quantitative estimate of drug-likeness (QED) is 0.770. The van der Waals surface area contributed by atoms with Crippen molar-refractivity contribution in [2.24, 2.45) is 23.5 Å². The van der Waals surface area contributed by atoms with Gasteiger partial charge in [-0.05, 0) is 61.6 Å². The van der Waals surface area contributed by atoms with Gasteiger partial charge in [-0.2, -0.15) is 0 Å². The summed E-state index contributed by atoms with van der Waals surface area (Å²) in [5, 5.41) is 5.49. The van der Waals surface area contributed by atoms with Crippen LogP contribution in [0.4, 0.5) is 15.8 Å². The molecule has 4 rings (SSSR count). The molecule has 3 aliphatic rings. The van der Waals surface area contributed by atoms with Crippen molar-refractivity contribution in [1.82, 2.24) is 0 Å². The topological polar surface area (TPSA) is 84.2 Å². The third-order valence-corrected chi connectivity index (χ3v) is 6.13. The molecule has 1 aromatic rings. The zero-order valence-corrected chi connectivity index (χ0v) is 14.2. The fourth-order valence-electron chi connectivity index (χ4n) is 4.73. The molecule has 134 valence electrons. The van der Waals surface area contributed by atoms with Gasteiger partial charge in [-0.1, -0.05) is 6.42 Å². The average molecular weight is 345 g/mol. The molecular weight excluding hydrogens is 321 g/mol. The Bertz CT molecular complexity index is 707. The van der Waals surface area contributed by atoms with Crippen molar-refractivity contribution in [3.8, 4) is 0 Å². The number of nitrogens with two attached hydrogens (primary N) is 1. The Morgan fingerprint density at radius 2 is 1.92 bits per heavy atom. The van der Waals surface area contributed by atoms with Gasteiger partial charge >= 0.3 is 0 Å². The standard InChI is InChI=1S/C19H24FN3O2/c20-14-8-10-4-5-17(24)22-15(10)9-16(14)23-19(25)13-6-11-2-1-3-12(7-13)18(11)21/h8-9,11-13,18H,1-7,21H2,(H,22,24)(H,23,25). The van der Waals surface area contributed by atoms with E-state index in [4.69, 9.17) is 5.73 Å². The molecule has 0 aromatic heterocycles. The predicted molar refractivity (Wildman–Crippen MR) is 93.5 cm³/mol. The molecule has 0 spiro atoms. The first-order chi connectivity index (χ1) is 12.0. The van der Waals surface area contributed by atoms with E-state index in [1.54, 1.807) is 0 Å². The fourth-order valence-corrected chi connectivity index (χ4v) is 4.73. The number of rotatable bonds is 2. The number of carbonyl (C=O) groups excluding carboxylic acids is 2. The first kappa shape index (κ1) is 16.5. The number of benzene rings is 1. The first-order valence-corrected chi connectivity index (χ1v) is 9.20. The van der Waals surface area contributed by atoms with Crippen molar-refractivity contribution in [2.75, 3.05) is 10.6 Å². The van der Waals surface area contributed by atoms with Crippen LogP contribution in [0.15, 0.2) is 12.1 Å². The molecular formula is C19H24FN3O2. The second-order valence-corrected chi connectivity index (χ2v) is 7.72. The van der Waals surface area contributed by atoms with Crippen molar-refractivity contribution in [3.63, 3.8) is 0 Å². The van der Waals surface area contributed by atoms with Crippen molar-refractivity contribution in [2.45, 2.75) is 51.0 Å². The Morgan fingerprint density at radius 1 is 1.20 bits per heavy atom. The van der Waals surface area contributed by atoms with Crippen LogP contribution in [0.5, 0.6) is 0 Å². The average Bonchev–Trinajstić information content (AvgIpc) is 2.55. The molecule has 4 N–H and O–H groups in total. The van der Waals surface area contributed by atoms with Gasteiger partial charge in [0.05, 0.1) is 5.69 Å². The van der Waals surface area contributed by atoms with Gasteiger partial charge in [0.15, 0.2) is 0 Å². The lowest BCUT2D eigenvalue weighted by atomic mass is 9.65. The van der Waals surface area contributed by atoms with Crippen molar-refractivity contribution < 1.29 is 14.0 Å². The molecule has 5 nitrogen and oxygen atoms in total. The van der Waals surface area contributed by atoms with E-state index in [-0.39, 0.29) is 29.5 Å². The molecule has 2 bridgehead atoms. The lowest BCUT2D eigenvalue weighted by Crippen LogP contribution is -2.48. The van der Waals surface area contributed by atoms with Crippen LogP contribution < -0.4 is 16.4 Å². The molecule has 1 aromatic carbocycles. The van der Waals surface area contributed by atoms with Crippen LogP contribution in [0.2, 0.25) is 0 Å². The Kier molecular flexibility index (Phi) is 4.23. The van der Waals surface area contributed by atoms with E-state index < -0.39 is 5.82 Å². The van der Waals surface area contributed by atoms with E-state index in [9.17, 15) is 14.0 Å². The number of anilines is 2. The van der Waals surface area contributed by atoms with Crippen LogP contribution in [0, 0.1) is 23.6 Å². The zero-order valence-electron chi connectivity index (χ0n) is 14.2. The monoisotopic (exact) mass is 345 g/mol. The fraction of sp³-hybridized carbons (Fsp3) is 0.579. The number of hydrogen-bond acceptors (Lipinski definition) is 3. The van der Waals surface area contributed by atoms with Crippen molar-refractivity contribution in [3.05, 3.63) is 23.5 Å². The molecule has 6 heteroatoms. The van der Waals surface area contributed by atoms with Crippen molar-refractivity contribution >= 4 is 23.2 Å². The van der Waals surface area contributed by atoms with Crippen LogP contribution in [-0.4, -0.2) is 17.9 Å². The zero-order chi connectivity index (χ0) is 17.6. The number of nitrogens with one attached hydrogen (secondary N) is 2. The molecule has 2 unspecified atom stereocenters. The summed E-state index contributed by atoms with van der Waals surface area (Å²) in [5.74, 6) is 0.0261. The molecule has 0 radical (unpaired) electrons. The predicted octanol–water partition coefficient (Wildman–Crippen LogP) is 2.80. The van der Waals surface area contributed by atoms with E-state index in [1.807, 2.05) is 0 Å². The highest BCUT2D eigenvalue weighted by atomic mass is 19.1. The molecule has 2 saturated carbocycles. The maximum atomic E-state index is 14.3. The Morgan fingerprint density at radius 3 is 2.64 bits per heavy atom. The second kappa shape index (κ2) is 6.41. The summed E-state index contributed by atoms with van der Waals surface area (Å²) >= 11 is 0. The van der Waals surface area contributed by atoms with E-state index in [0.29, 0.717) is 30.4 Å². The van der Waals surface area contributed by atoms with E-state index in [2.05, 4.69) is 10.6 Å². The highest BCUT2D eigenvalue weighted by Gasteiger charge is 2.40. The normalized spacial score (nSPS) is 31.0. The van der Waals surface area contributed by atoms with Gasteiger partial charge in [-0.15, -0.1) is 0 Å². The van der Waals surface area contributed by atoms with Gasteiger partial charge in [-0.25, -0.2) is 4.39 Å². The molecule has 25 heavy (non-hydrogen) atoms. The van der Waals surface area contributed by atoms with Gasteiger partial charge < -0.3 is 16.4 Å². The van der Waals surface area contributed by atoms with Crippen LogP contribution in [0.3, 0.4) is 0 Å². The van der Waals surface area contributed by atoms with Crippen LogP contribution >= 0.6 is 0 Å². The molecule has 2 fully saturated rings. The Balaban J connectivity index is 1.49. The van der Waals surface area contributed by atoms with Crippen LogP contribution in [-0.2, 0) is 16.0 Å². The van der Waals surface area contributed by atoms with E-state index in [0.717, 1.165) is 31.2 Å². The lowest BCUT2D eigenvalue weighted by Gasteiger charge is -2.43. The summed E-state index contributed by atoms with van der Waals surface area (Å²) in [6, 6.07) is 3.15. The second-order valence-electron chi connectivity index (χ2n) is 7.72. The summed E-state index contributed by atoms with van der Waals surface area (Å²) in [7, 11) is 0. The van der Waals surface area contributed by atoms with E-state index in [1.165, 1.54) is 18.6 Å². The highest BCUT2D eigenvalue weighted by molar-refractivity contribution is 5.97. The number of carbonyl (C=O) groups is 2. The highest BCUT2D eigenvalue weighted by Crippen LogP contribution is 2.42. The summed E-state index contributed by atoms with van der Waals surface area (Å²) < 4.78 is 14.3. The number of amides is 2. The maximum absolute atomic E-state index is 14.3. The van der Waals surface area contributed by atoms with Crippen LogP contribution in [0.25, 0.3) is 0 Å².